The summed E-state index contributed by atoms with van der Waals surface area (Å²) in [6, 6.07) is 2.25. The van der Waals surface area contributed by atoms with Gasteiger partial charge < -0.3 is 10.6 Å². The van der Waals surface area contributed by atoms with Crippen LogP contribution in [0.25, 0.3) is 0 Å². The van der Waals surface area contributed by atoms with Gasteiger partial charge in [-0.1, -0.05) is 20.8 Å². The highest BCUT2D eigenvalue weighted by Crippen LogP contribution is 2.30. The Kier molecular flexibility index (Phi) is 4.02. The molecule has 4 heteroatoms. The van der Waals surface area contributed by atoms with Crippen LogP contribution in [0.4, 0.5) is 0 Å². The highest BCUT2D eigenvalue weighted by Gasteiger charge is 2.35. The molecule has 0 aliphatic carbocycles. The molecule has 0 radical (unpaired) electrons. The predicted octanol–water partition coefficient (Wildman–Crippen LogP) is 2.82. The smallest absolute Gasteiger partial charge is 0.263 e. The highest BCUT2D eigenvalue weighted by atomic mass is 32.1. The normalized spacial score (nSPS) is 22.6. The molecule has 2 rings (SSSR count). The summed E-state index contributed by atoms with van der Waals surface area (Å²) in [5.74, 6) is 0.174. The summed E-state index contributed by atoms with van der Waals surface area (Å²) < 4.78 is 0. The van der Waals surface area contributed by atoms with Crippen LogP contribution in [0.3, 0.4) is 0 Å². The van der Waals surface area contributed by atoms with Gasteiger partial charge in [-0.05, 0) is 36.8 Å². The number of likely N-dealkylation sites (tertiary alicyclic amines) is 1. The molecule has 1 aliphatic heterocycles. The van der Waals surface area contributed by atoms with Gasteiger partial charge in [-0.3, -0.25) is 4.79 Å². The second kappa shape index (κ2) is 5.25. The van der Waals surface area contributed by atoms with Crippen LogP contribution >= 0.6 is 11.3 Å². The largest absolute Gasteiger partial charge is 0.337 e. The molecule has 3 nitrogen and oxygen atoms in total. The van der Waals surface area contributed by atoms with E-state index in [1.54, 1.807) is 11.3 Å². The fourth-order valence-corrected chi connectivity index (χ4v) is 3.76. The molecule has 0 aromatic carbocycles. The molecule has 1 amide bonds. The first-order valence-corrected chi connectivity index (χ1v) is 7.81. The maximum absolute atomic E-state index is 12.6. The van der Waals surface area contributed by atoms with Crippen molar-refractivity contribution in [2.45, 2.75) is 46.6 Å². The number of rotatable bonds is 2. The lowest BCUT2D eigenvalue weighted by Crippen LogP contribution is -2.53. The van der Waals surface area contributed by atoms with Crippen LogP contribution in [0.1, 0.15) is 47.3 Å². The van der Waals surface area contributed by atoms with Gasteiger partial charge in [0.05, 0.1) is 4.88 Å². The second-order valence-electron chi connectivity index (χ2n) is 6.16. The maximum atomic E-state index is 12.6. The number of carbonyl (C=O) groups excluding carboxylic acids is 1. The molecule has 1 aromatic heterocycles. The number of carbonyl (C=O) groups is 1. The molecule has 1 saturated heterocycles. The SMILES string of the molecule is CCc1cc(C(=O)N2CCC(N)C(C)(C)C2)sc1C. The maximum Gasteiger partial charge on any atom is 0.263 e. The zero-order valence-electron chi connectivity index (χ0n) is 12.3. The monoisotopic (exact) mass is 280 g/mol. The molecule has 19 heavy (non-hydrogen) atoms. The van der Waals surface area contributed by atoms with Crippen LogP contribution in [-0.2, 0) is 6.42 Å². The Morgan fingerprint density at radius 3 is 2.79 bits per heavy atom. The molecule has 0 saturated carbocycles. The van der Waals surface area contributed by atoms with Crippen molar-refractivity contribution >= 4 is 17.2 Å². The first-order valence-electron chi connectivity index (χ1n) is 6.99. The van der Waals surface area contributed by atoms with Crippen molar-refractivity contribution < 1.29 is 4.79 Å². The van der Waals surface area contributed by atoms with Crippen LogP contribution in [0.5, 0.6) is 0 Å². The Bertz CT molecular complexity index is 478. The zero-order chi connectivity index (χ0) is 14.2. The van der Waals surface area contributed by atoms with E-state index in [9.17, 15) is 4.79 Å². The number of amides is 1. The number of thiophene rings is 1. The van der Waals surface area contributed by atoms with Gasteiger partial charge in [-0.15, -0.1) is 11.3 Å². The quantitative estimate of drug-likeness (QED) is 0.905. The molecule has 2 heterocycles. The molecule has 2 N–H and O–H groups in total. The van der Waals surface area contributed by atoms with Crippen LogP contribution in [0.15, 0.2) is 6.07 Å². The van der Waals surface area contributed by atoms with Crippen molar-refractivity contribution in [2.75, 3.05) is 13.1 Å². The van der Waals surface area contributed by atoms with E-state index in [-0.39, 0.29) is 17.4 Å². The highest BCUT2D eigenvalue weighted by molar-refractivity contribution is 7.14. The van der Waals surface area contributed by atoms with Crippen LogP contribution in [0.2, 0.25) is 0 Å². The first-order chi connectivity index (χ1) is 8.85. The molecule has 106 valence electrons. The summed E-state index contributed by atoms with van der Waals surface area (Å²) >= 11 is 1.62. The number of hydrogen-bond donors (Lipinski definition) is 1. The summed E-state index contributed by atoms with van der Waals surface area (Å²) in [6.07, 6.45) is 1.88. The number of hydrogen-bond acceptors (Lipinski definition) is 3. The Morgan fingerprint density at radius 1 is 1.58 bits per heavy atom. The van der Waals surface area contributed by atoms with E-state index in [2.05, 4.69) is 33.8 Å². The Morgan fingerprint density at radius 2 is 2.26 bits per heavy atom. The van der Waals surface area contributed by atoms with Gasteiger partial charge in [-0.25, -0.2) is 0 Å². The standard InChI is InChI=1S/C15H24N2OS/c1-5-11-8-12(19-10(11)2)14(18)17-7-6-13(16)15(3,4)9-17/h8,13H,5-7,9,16H2,1-4H3. The first kappa shape index (κ1) is 14.5. The predicted molar refractivity (Wildman–Crippen MR) is 80.7 cm³/mol. The summed E-state index contributed by atoms with van der Waals surface area (Å²) in [4.78, 5) is 16.7. The summed E-state index contributed by atoms with van der Waals surface area (Å²) in [6.45, 7) is 10.1. The van der Waals surface area contributed by atoms with Crippen LogP contribution < -0.4 is 5.73 Å². The van der Waals surface area contributed by atoms with E-state index < -0.39 is 0 Å². The molecule has 1 aliphatic rings. The minimum absolute atomic E-state index is 0.00774. The number of aryl methyl sites for hydroxylation is 2. The van der Waals surface area contributed by atoms with Crippen molar-refractivity contribution in [3.05, 3.63) is 21.4 Å². The molecule has 0 bridgehead atoms. The third-order valence-corrected chi connectivity index (χ3v) is 5.29. The van der Waals surface area contributed by atoms with Gasteiger partial charge in [0.2, 0.25) is 0 Å². The van der Waals surface area contributed by atoms with Crippen molar-refractivity contribution in [2.24, 2.45) is 11.1 Å². The van der Waals surface area contributed by atoms with Crippen molar-refractivity contribution in [3.63, 3.8) is 0 Å². The molecular weight excluding hydrogens is 256 g/mol. The summed E-state index contributed by atoms with van der Waals surface area (Å²) in [5.41, 5.74) is 7.43. The minimum atomic E-state index is 0.00774. The van der Waals surface area contributed by atoms with Crippen LogP contribution in [0, 0.1) is 12.3 Å². The van der Waals surface area contributed by atoms with Crippen molar-refractivity contribution in [1.82, 2.24) is 4.90 Å². The van der Waals surface area contributed by atoms with E-state index >= 15 is 0 Å². The fraction of sp³-hybridized carbons (Fsp3) is 0.667. The Labute approximate surface area is 119 Å². The lowest BCUT2D eigenvalue weighted by molar-refractivity contribution is 0.0537. The van der Waals surface area contributed by atoms with E-state index in [0.29, 0.717) is 0 Å². The molecule has 1 fully saturated rings. The topological polar surface area (TPSA) is 46.3 Å². The van der Waals surface area contributed by atoms with Gasteiger partial charge in [0.25, 0.3) is 5.91 Å². The third kappa shape index (κ3) is 2.84. The van der Waals surface area contributed by atoms with Gasteiger partial charge >= 0.3 is 0 Å². The van der Waals surface area contributed by atoms with Crippen molar-refractivity contribution in [3.8, 4) is 0 Å². The van der Waals surface area contributed by atoms with Crippen LogP contribution in [-0.4, -0.2) is 29.9 Å². The third-order valence-electron chi connectivity index (χ3n) is 4.21. The molecular formula is C15H24N2OS. The average Bonchev–Trinajstić information content (AvgIpc) is 2.73. The molecule has 1 aromatic rings. The zero-order valence-corrected chi connectivity index (χ0v) is 13.1. The van der Waals surface area contributed by atoms with E-state index in [4.69, 9.17) is 5.73 Å². The fourth-order valence-electron chi connectivity index (χ4n) is 2.68. The summed E-state index contributed by atoms with van der Waals surface area (Å²) in [7, 11) is 0. The van der Waals surface area contributed by atoms with Gasteiger partial charge in [0.15, 0.2) is 0 Å². The van der Waals surface area contributed by atoms with E-state index in [1.165, 1.54) is 10.4 Å². The average molecular weight is 280 g/mol. The Balaban J connectivity index is 2.15. The molecule has 1 unspecified atom stereocenters. The molecule has 0 spiro atoms. The van der Waals surface area contributed by atoms with Gasteiger partial charge in [-0.2, -0.15) is 0 Å². The lowest BCUT2D eigenvalue weighted by Gasteiger charge is -2.42. The molecule has 1 atom stereocenters. The van der Waals surface area contributed by atoms with E-state index in [1.807, 2.05) is 4.90 Å². The van der Waals surface area contributed by atoms with Gasteiger partial charge in [0.1, 0.15) is 0 Å². The second-order valence-corrected chi connectivity index (χ2v) is 7.41. The summed E-state index contributed by atoms with van der Waals surface area (Å²) in [5, 5.41) is 0. The minimum Gasteiger partial charge on any atom is -0.337 e. The number of nitrogens with two attached hydrogens (primary N) is 1. The Hall–Kier alpha value is -0.870. The number of nitrogens with zero attached hydrogens (tertiary/aromatic N) is 1. The van der Waals surface area contributed by atoms with Crippen molar-refractivity contribution in [1.29, 1.82) is 0 Å². The lowest BCUT2D eigenvalue weighted by atomic mass is 9.79. The van der Waals surface area contributed by atoms with E-state index in [0.717, 1.165) is 30.8 Å². The number of piperidine rings is 1. The van der Waals surface area contributed by atoms with Gasteiger partial charge in [0, 0.05) is 24.0 Å².